The molecule has 0 rings (SSSR count). The molecule has 0 aromatic rings. The van der Waals surface area contributed by atoms with E-state index >= 15 is 0 Å². The monoisotopic (exact) mass is 242 g/mol. The van der Waals surface area contributed by atoms with Crippen molar-refractivity contribution in [2.24, 2.45) is 29.4 Å². The van der Waals surface area contributed by atoms with Gasteiger partial charge in [0.1, 0.15) is 0 Å². The number of nitrogens with two attached hydrogens (primary N) is 1. The molecule has 0 amide bonds. The minimum Gasteiger partial charge on any atom is -0.329 e. The first-order chi connectivity index (χ1) is 7.72. The maximum absolute atomic E-state index is 5.93. The van der Waals surface area contributed by atoms with Crippen molar-refractivity contribution in [3.8, 4) is 0 Å². The van der Waals surface area contributed by atoms with Crippen LogP contribution in [-0.4, -0.2) is 18.6 Å². The highest BCUT2D eigenvalue weighted by molar-refractivity contribution is 4.86. The van der Waals surface area contributed by atoms with Gasteiger partial charge in [-0.2, -0.15) is 0 Å². The summed E-state index contributed by atoms with van der Waals surface area (Å²) in [4.78, 5) is 0. The molecule has 0 aliphatic carbocycles. The van der Waals surface area contributed by atoms with Gasteiger partial charge in [-0.15, -0.1) is 0 Å². The van der Waals surface area contributed by atoms with Crippen LogP contribution in [-0.2, 0) is 0 Å². The zero-order valence-corrected chi connectivity index (χ0v) is 13.0. The lowest BCUT2D eigenvalue weighted by molar-refractivity contribution is 0.222. The summed E-state index contributed by atoms with van der Waals surface area (Å²) in [5.41, 5.74) is 6.02. The van der Waals surface area contributed by atoms with Crippen LogP contribution in [0.4, 0.5) is 0 Å². The van der Waals surface area contributed by atoms with Crippen molar-refractivity contribution in [2.75, 3.05) is 13.1 Å². The van der Waals surface area contributed by atoms with Crippen LogP contribution >= 0.6 is 0 Å². The second-order valence-electron chi connectivity index (χ2n) is 6.90. The Morgan fingerprint density at radius 2 is 1.47 bits per heavy atom. The summed E-state index contributed by atoms with van der Waals surface area (Å²) < 4.78 is 0. The normalized spacial score (nSPS) is 16.2. The lowest BCUT2D eigenvalue weighted by atomic mass is 9.83. The highest BCUT2D eigenvalue weighted by atomic mass is 15.0. The first-order valence-electron chi connectivity index (χ1n) is 7.17. The molecule has 0 bridgehead atoms. The predicted octanol–water partition coefficient (Wildman–Crippen LogP) is 3.27. The molecule has 0 aromatic carbocycles. The number of hydrogen-bond donors (Lipinski definition) is 2. The van der Waals surface area contributed by atoms with Crippen LogP contribution in [0.5, 0.6) is 0 Å². The molecule has 104 valence electrons. The highest BCUT2D eigenvalue weighted by Gasteiger charge is 2.26. The number of hydrogen-bond acceptors (Lipinski definition) is 2. The van der Waals surface area contributed by atoms with Gasteiger partial charge in [0, 0.05) is 12.1 Å². The van der Waals surface area contributed by atoms with Crippen molar-refractivity contribution >= 4 is 0 Å². The summed E-state index contributed by atoms with van der Waals surface area (Å²) >= 11 is 0. The van der Waals surface area contributed by atoms with E-state index in [1.807, 2.05) is 0 Å². The first kappa shape index (κ1) is 16.9. The van der Waals surface area contributed by atoms with E-state index in [1.165, 1.54) is 0 Å². The minimum absolute atomic E-state index is 0.0934. The summed E-state index contributed by atoms with van der Waals surface area (Å²) in [7, 11) is 0. The first-order valence-corrected chi connectivity index (χ1v) is 7.17. The molecule has 3 N–H and O–H groups in total. The van der Waals surface area contributed by atoms with Gasteiger partial charge < -0.3 is 11.1 Å². The van der Waals surface area contributed by atoms with E-state index in [-0.39, 0.29) is 5.54 Å². The van der Waals surface area contributed by atoms with Crippen molar-refractivity contribution in [3.63, 3.8) is 0 Å². The van der Waals surface area contributed by atoms with E-state index < -0.39 is 0 Å². The Hall–Kier alpha value is -0.0800. The predicted molar refractivity (Wildman–Crippen MR) is 78.1 cm³/mol. The largest absolute Gasteiger partial charge is 0.329 e. The fourth-order valence-corrected chi connectivity index (χ4v) is 2.73. The third-order valence-corrected chi connectivity index (χ3v) is 3.79. The van der Waals surface area contributed by atoms with Crippen LogP contribution in [0.2, 0.25) is 0 Å². The van der Waals surface area contributed by atoms with Crippen LogP contribution in [0.25, 0.3) is 0 Å². The lowest BCUT2D eigenvalue weighted by Gasteiger charge is -2.35. The van der Waals surface area contributed by atoms with Crippen LogP contribution in [0.3, 0.4) is 0 Å². The summed E-state index contributed by atoms with van der Waals surface area (Å²) in [5.74, 6) is 2.87. The molecule has 2 nitrogen and oxygen atoms in total. The molecule has 0 heterocycles. The topological polar surface area (TPSA) is 38.0 Å². The molecular formula is C15H34N2. The molecule has 0 aliphatic heterocycles. The molecule has 17 heavy (non-hydrogen) atoms. The SMILES string of the molecule is CC(C)CC(C)(CN)NCC(C(C)C)C(C)C. The Balaban J connectivity index is 4.38. The Morgan fingerprint density at radius 3 is 1.76 bits per heavy atom. The molecule has 0 saturated heterocycles. The summed E-state index contributed by atoms with van der Waals surface area (Å²) in [6, 6.07) is 0. The van der Waals surface area contributed by atoms with Crippen LogP contribution in [0, 0.1) is 23.7 Å². The van der Waals surface area contributed by atoms with Crippen molar-refractivity contribution in [1.29, 1.82) is 0 Å². The molecule has 1 unspecified atom stereocenters. The zero-order chi connectivity index (χ0) is 13.6. The van der Waals surface area contributed by atoms with Gasteiger partial charge in [0.05, 0.1) is 0 Å². The van der Waals surface area contributed by atoms with E-state index in [0.717, 1.165) is 30.7 Å². The molecule has 1 atom stereocenters. The Bertz CT molecular complexity index is 191. The van der Waals surface area contributed by atoms with Crippen LogP contribution in [0.1, 0.15) is 54.9 Å². The third-order valence-electron chi connectivity index (χ3n) is 3.79. The summed E-state index contributed by atoms with van der Waals surface area (Å²) in [6.07, 6.45) is 1.15. The minimum atomic E-state index is 0.0934. The van der Waals surface area contributed by atoms with Crippen LogP contribution < -0.4 is 11.1 Å². The van der Waals surface area contributed by atoms with Crippen molar-refractivity contribution in [2.45, 2.75) is 60.4 Å². The van der Waals surface area contributed by atoms with Gasteiger partial charge in [0.2, 0.25) is 0 Å². The molecule has 0 radical (unpaired) electrons. The van der Waals surface area contributed by atoms with Crippen molar-refractivity contribution in [1.82, 2.24) is 5.32 Å². The van der Waals surface area contributed by atoms with Gasteiger partial charge in [-0.25, -0.2) is 0 Å². The van der Waals surface area contributed by atoms with E-state index in [4.69, 9.17) is 5.73 Å². The molecule has 0 spiro atoms. The molecule has 0 saturated carbocycles. The average Bonchev–Trinajstić information content (AvgIpc) is 2.15. The van der Waals surface area contributed by atoms with E-state index in [0.29, 0.717) is 12.5 Å². The Labute approximate surface area is 109 Å². The van der Waals surface area contributed by atoms with Gasteiger partial charge in [0.15, 0.2) is 0 Å². The average molecular weight is 242 g/mol. The van der Waals surface area contributed by atoms with E-state index in [9.17, 15) is 0 Å². The summed E-state index contributed by atoms with van der Waals surface area (Å²) in [5, 5.41) is 3.71. The Morgan fingerprint density at radius 1 is 1.00 bits per heavy atom. The maximum Gasteiger partial charge on any atom is 0.0278 e. The Kier molecular flexibility index (Phi) is 7.34. The lowest BCUT2D eigenvalue weighted by Crippen LogP contribution is -2.51. The quantitative estimate of drug-likeness (QED) is 0.685. The fraction of sp³-hybridized carbons (Fsp3) is 1.00. The zero-order valence-electron chi connectivity index (χ0n) is 13.0. The summed E-state index contributed by atoms with van der Waals surface area (Å²) in [6.45, 7) is 17.8. The van der Waals surface area contributed by atoms with Crippen molar-refractivity contribution < 1.29 is 0 Å². The molecule has 2 heteroatoms. The smallest absolute Gasteiger partial charge is 0.0278 e. The third kappa shape index (κ3) is 6.42. The van der Waals surface area contributed by atoms with Gasteiger partial charge in [-0.05, 0) is 43.6 Å². The number of rotatable bonds is 8. The molecule has 0 aromatic heterocycles. The van der Waals surface area contributed by atoms with Gasteiger partial charge in [-0.3, -0.25) is 0 Å². The second-order valence-corrected chi connectivity index (χ2v) is 6.90. The molecule has 0 aliphatic rings. The van der Waals surface area contributed by atoms with Crippen LogP contribution in [0.15, 0.2) is 0 Å². The van der Waals surface area contributed by atoms with Gasteiger partial charge in [0.25, 0.3) is 0 Å². The van der Waals surface area contributed by atoms with Crippen molar-refractivity contribution in [3.05, 3.63) is 0 Å². The molecule has 0 fully saturated rings. The van der Waals surface area contributed by atoms with E-state index in [1.54, 1.807) is 0 Å². The van der Waals surface area contributed by atoms with E-state index in [2.05, 4.69) is 53.8 Å². The maximum atomic E-state index is 5.93. The fourth-order valence-electron chi connectivity index (χ4n) is 2.73. The van der Waals surface area contributed by atoms with Gasteiger partial charge in [-0.1, -0.05) is 41.5 Å². The highest BCUT2D eigenvalue weighted by Crippen LogP contribution is 2.22. The second kappa shape index (κ2) is 7.38. The van der Waals surface area contributed by atoms with Gasteiger partial charge >= 0.3 is 0 Å². The standard InChI is InChI=1S/C15H34N2/c1-11(2)8-15(7,10-16)17-9-14(12(3)4)13(5)6/h11-14,17H,8-10,16H2,1-7H3. The molecular weight excluding hydrogens is 208 g/mol. The number of nitrogens with one attached hydrogen (secondary N) is 1.